The molecule has 0 N–H and O–H groups in total. The molecule has 0 fully saturated rings. The third kappa shape index (κ3) is 4.31. The highest BCUT2D eigenvalue weighted by atomic mass is 15.0. The maximum atomic E-state index is 2.43. The fourth-order valence-electron chi connectivity index (χ4n) is 8.53. The van der Waals surface area contributed by atoms with Gasteiger partial charge in [-0.25, -0.2) is 0 Å². The van der Waals surface area contributed by atoms with Gasteiger partial charge in [-0.05, 0) is 98.4 Å². The van der Waals surface area contributed by atoms with Gasteiger partial charge in [0.2, 0.25) is 0 Å². The Labute approximate surface area is 301 Å². The van der Waals surface area contributed by atoms with Gasteiger partial charge in [-0.3, -0.25) is 0 Å². The summed E-state index contributed by atoms with van der Waals surface area (Å²) in [5.41, 5.74) is 12.1. The topological polar surface area (TPSA) is 9.86 Å². The Hall–Kier alpha value is -6.90. The summed E-state index contributed by atoms with van der Waals surface area (Å²) in [4.78, 5) is 0. The van der Waals surface area contributed by atoms with Crippen molar-refractivity contribution < 1.29 is 0 Å². The van der Waals surface area contributed by atoms with Crippen LogP contribution in [0.5, 0.6) is 0 Å². The maximum absolute atomic E-state index is 2.43. The molecular weight excluding hydrogens is 629 g/mol. The van der Waals surface area contributed by atoms with Crippen molar-refractivity contribution in [1.29, 1.82) is 0 Å². The summed E-state index contributed by atoms with van der Waals surface area (Å²) in [5.74, 6) is 0. The van der Waals surface area contributed by atoms with Crippen LogP contribution in [0.3, 0.4) is 0 Å². The molecule has 0 atom stereocenters. The summed E-state index contributed by atoms with van der Waals surface area (Å²) in [6.07, 6.45) is 0. The lowest BCUT2D eigenvalue weighted by Crippen LogP contribution is -1.94. The normalized spacial score (nSPS) is 11.8. The Morgan fingerprint density at radius 3 is 1.50 bits per heavy atom. The molecule has 2 nitrogen and oxygen atoms in total. The molecule has 11 rings (SSSR count). The number of fused-ring (bicyclic) bond motifs is 8. The largest absolute Gasteiger partial charge is 0.309 e. The Morgan fingerprint density at radius 2 is 0.769 bits per heavy atom. The first kappa shape index (κ1) is 28.9. The van der Waals surface area contributed by atoms with Crippen LogP contribution in [0.25, 0.3) is 98.8 Å². The number of aromatic nitrogens is 2. The molecule has 2 heterocycles. The van der Waals surface area contributed by atoms with Crippen LogP contribution in [0.4, 0.5) is 0 Å². The highest BCUT2D eigenvalue weighted by Crippen LogP contribution is 2.41. The van der Waals surface area contributed by atoms with Crippen LogP contribution >= 0.6 is 0 Å². The molecule has 0 saturated heterocycles. The Morgan fingerprint density at radius 1 is 0.250 bits per heavy atom. The van der Waals surface area contributed by atoms with E-state index < -0.39 is 0 Å². The van der Waals surface area contributed by atoms with Crippen molar-refractivity contribution >= 4 is 65.2 Å². The Bertz CT molecular complexity index is 3180. The average molecular weight is 661 g/mol. The van der Waals surface area contributed by atoms with Crippen LogP contribution in [-0.4, -0.2) is 9.13 Å². The minimum atomic E-state index is 1.17. The van der Waals surface area contributed by atoms with Crippen LogP contribution < -0.4 is 0 Å². The van der Waals surface area contributed by atoms with Crippen molar-refractivity contribution in [3.05, 3.63) is 194 Å². The minimum Gasteiger partial charge on any atom is -0.309 e. The van der Waals surface area contributed by atoms with E-state index in [1.807, 2.05) is 0 Å². The van der Waals surface area contributed by atoms with E-state index in [9.17, 15) is 0 Å². The average Bonchev–Trinajstić information content (AvgIpc) is 3.73. The molecule has 52 heavy (non-hydrogen) atoms. The van der Waals surface area contributed by atoms with Crippen molar-refractivity contribution in [2.75, 3.05) is 0 Å². The lowest BCUT2D eigenvalue weighted by molar-refractivity contribution is 1.18. The first-order valence-corrected chi connectivity index (χ1v) is 17.9. The summed E-state index contributed by atoms with van der Waals surface area (Å²) in [6, 6.07) is 71.0. The van der Waals surface area contributed by atoms with Crippen LogP contribution in [0.15, 0.2) is 194 Å². The fourth-order valence-corrected chi connectivity index (χ4v) is 8.53. The second-order valence-corrected chi connectivity index (χ2v) is 13.7. The second-order valence-electron chi connectivity index (χ2n) is 13.7. The van der Waals surface area contributed by atoms with Gasteiger partial charge in [0, 0.05) is 32.9 Å². The number of nitrogens with zero attached hydrogens (tertiary/aromatic N) is 2. The van der Waals surface area contributed by atoms with Gasteiger partial charge in [0.15, 0.2) is 0 Å². The number of hydrogen-bond acceptors (Lipinski definition) is 0. The van der Waals surface area contributed by atoms with Crippen molar-refractivity contribution in [3.8, 4) is 33.6 Å². The molecule has 0 saturated carbocycles. The van der Waals surface area contributed by atoms with Crippen molar-refractivity contribution in [2.24, 2.45) is 0 Å². The van der Waals surface area contributed by atoms with Gasteiger partial charge >= 0.3 is 0 Å². The molecule has 0 bridgehead atoms. The molecule has 0 aliphatic rings. The van der Waals surface area contributed by atoms with E-state index in [0.29, 0.717) is 0 Å². The lowest BCUT2D eigenvalue weighted by Gasteiger charge is -2.14. The van der Waals surface area contributed by atoms with Crippen LogP contribution in [0.2, 0.25) is 0 Å². The van der Waals surface area contributed by atoms with E-state index in [1.165, 1.54) is 98.8 Å². The van der Waals surface area contributed by atoms with Crippen LogP contribution in [-0.2, 0) is 0 Å². The van der Waals surface area contributed by atoms with Gasteiger partial charge in [0.05, 0.1) is 22.1 Å². The maximum Gasteiger partial charge on any atom is 0.0547 e. The molecule has 9 aromatic carbocycles. The summed E-state index contributed by atoms with van der Waals surface area (Å²) in [7, 11) is 0. The highest BCUT2D eigenvalue weighted by molar-refractivity contribution is 6.14. The Balaban J connectivity index is 1.10. The predicted molar refractivity (Wildman–Crippen MR) is 221 cm³/mol. The molecule has 0 aliphatic carbocycles. The number of benzene rings is 9. The monoisotopic (exact) mass is 660 g/mol. The third-order valence-electron chi connectivity index (χ3n) is 10.9. The van der Waals surface area contributed by atoms with Crippen molar-refractivity contribution in [2.45, 2.75) is 0 Å². The molecule has 0 unspecified atom stereocenters. The molecule has 0 radical (unpaired) electrons. The molecule has 11 aromatic rings. The molecule has 0 amide bonds. The first-order chi connectivity index (χ1) is 25.8. The fraction of sp³-hybridized carbons (Fsp3) is 0. The molecule has 0 aliphatic heterocycles. The quantitative estimate of drug-likeness (QED) is 0.178. The van der Waals surface area contributed by atoms with Crippen LogP contribution in [0.1, 0.15) is 0 Å². The smallest absolute Gasteiger partial charge is 0.0547 e. The summed E-state index contributed by atoms with van der Waals surface area (Å²) >= 11 is 0. The van der Waals surface area contributed by atoms with Gasteiger partial charge < -0.3 is 9.13 Å². The summed E-state index contributed by atoms with van der Waals surface area (Å²) in [5, 5.41) is 10.0. The van der Waals surface area contributed by atoms with Crippen molar-refractivity contribution in [1.82, 2.24) is 9.13 Å². The second kappa shape index (κ2) is 11.3. The minimum absolute atomic E-state index is 1.17. The summed E-state index contributed by atoms with van der Waals surface area (Å²) < 4.78 is 4.81. The predicted octanol–water partition coefficient (Wildman–Crippen LogP) is 13.5. The SMILES string of the molecule is c1ccc(-n2c3ccccc3c3cc(-c4ccc(-c5ccc6c7ccccc7n(-c7ccc8ccccc8c7)c6c5)c5ccccc45)ccc32)cc1. The van der Waals surface area contributed by atoms with Gasteiger partial charge in [-0.1, -0.05) is 140 Å². The third-order valence-corrected chi connectivity index (χ3v) is 10.9. The summed E-state index contributed by atoms with van der Waals surface area (Å²) in [6.45, 7) is 0. The Kier molecular flexibility index (Phi) is 6.28. The number of para-hydroxylation sites is 3. The van der Waals surface area contributed by atoms with Gasteiger partial charge in [-0.15, -0.1) is 0 Å². The molecule has 2 aromatic heterocycles. The van der Waals surface area contributed by atoms with E-state index in [0.717, 1.165) is 0 Å². The lowest BCUT2D eigenvalue weighted by atomic mass is 9.91. The molecule has 2 heteroatoms. The number of rotatable bonds is 4. The zero-order chi connectivity index (χ0) is 34.2. The van der Waals surface area contributed by atoms with Gasteiger partial charge in [0.25, 0.3) is 0 Å². The van der Waals surface area contributed by atoms with E-state index in [1.54, 1.807) is 0 Å². The van der Waals surface area contributed by atoms with E-state index in [2.05, 4.69) is 203 Å². The first-order valence-electron chi connectivity index (χ1n) is 17.9. The highest BCUT2D eigenvalue weighted by Gasteiger charge is 2.17. The zero-order valence-corrected chi connectivity index (χ0v) is 28.4. The number of hydrogen-bond donors (Lipinski definition) is 0. The molecule has 242 valence electrons. The zero-order valence-electron chi connectivity index (χ0n) is 28.4. The molecular formula is C50H32N2. The van der Waals surface area contributed by atoms with E-state index in [-0.39, 0.29) is 0 Å². The van der Waals surface area contributed by atoms with E-state index >= 15 is 0 Å². The van der Waals surface area contributed by atoms with Crippen LogP contribution in [0, 0.1) is 0 Å². The van der Waals surface area contributed by atoms with Crippen molar-refractivity contribution in [3.63, 3.8) is 0 Å². The molecule has 0 spiro atoms. The van der Waals surface area contributed by atoms with Gasteiger partial charge in [0.1, 0.15) is 0 Å². The van der Waals surface area contributed by atoms with E-state index in [4.69, 9.17) is 0 Å². The van der Waals surface area contributed by atoms with Gasteiger partial charge in [-0.2, -0.15) is 0 Å². The standard InChI is InChI=1S/C50H32N2/c1-2-14-37(15-3-1)51-48-21-11-9-19-44(48)46-31-35(24-29-49(46)51)39-27-28-40(42-17-7-6-16-41(39)42)36-23-26-45-43-18-8-10-20-47(43)52(50(45)32-36)38-25-22-33-12-4-5-13-34(33)30-38/h1-32H.